The SMILES string of the molecule is CO[C@@]1(NC(=O)C(N)c2ccccc2)C(=O)N2C(C(=O)[O-])=C(C(CCC(=O)[O-])Sc3nn[nH]n3)CS[C@H]21.[Na+].[Na+]. The van der Waals surface area contributed by atoms with Gasteiger partial charge in [-0.3, -0.25) is 14.5 Å². The summed E-state index contributed by atoms with van der Waals surface area (Å²) >= 11 is 2.12. The number of nitrogens with one attached hydrogen (secondary N) is 2. The molecule has 4 N–H and O–H groups in total. The normalized spacial score (nSPS) is 21.4. The van der Waals surface area contributed by atoms with Gasteiger partial charge in [0.1, 0.15) is 11.4 Å². The number of carbonyl (C=O) groups excluding carboxylic acids is 4. The van der Waals surface area contributed by atoms with E-state index >= 15 is 0 Å². The van der Waals surface area contributed by atoms with Crippen LogP contribution in [0.25, 0.3) is 0 Å². The summed E-state index contributed by atoms with van der Waals surface area (Å²) in [5.74, 6) is -4.43. The van der Waals surface area contributed by atoms with Crippen molar-refractivity contribution in [3.05, 3.63) is 47.2 Å². The molecule has 39 heavy (non-hydrogen) atoms. The van der Waals surface area contributed by atoms with E-state index in [9.17, 15) is 29.4 Å². The predicted octanol–water partition coefficient (Wildman–Crippen LogP) is -8.72. The average Bonchev–Trinajstić information content (AvgIpc) is 3.41. The topological polar surface area (TPSA) is 219 Å². The number of carbonyl (C=O) groups is 4. The quantitative estimate of drug-likeness (QED) is 0.0955. The smallest absolute Gasteiger partial charge is 0.550 e. The molecule has 1 aromatic carbocycles. The van der Waals surface area contributed by atoms with E-state index in [4.69, 9.17) is 10.5 Å². The summed E-state index contributed by atoms with van der Waals surface area (Å²) in [6, 6.07) is 7.40. The van der Waals surface area contributed by atoms with Crippen molar-refractivity contribution in [2.75, 3.05) is 12.9 Å². The van der Waals surface area contributed by atoms with Gasteiger partial charge in [0.05, 0.1) is 11.7 Å². The zero-order valence-electron chi connectivity index (χ0n) is 21.3. The Labute approximate surface area is 275 Å². The summed E-state index contributed by atoms with van der Waals surface area (Å²) in [4.78, 5) is 50.6. The standard InChI is InChI=1S/C21H23N7O7S2.2Na/c1-35-21(23-16(31)14(22)10-5-3-2-4-6-10)18(34)28-15(17(32)33)11(9-36-19(21)28)12(7-8-13(29)30)37-20-24-26-27-25-20;;/h2-6,12,14,19H,7-9,22H2,1H3,(H,23,31)(H,29,30)(H,32,33)(H,24,25,26,27);;/q;2*+1/p-2/t12?,14?,19-,21-;;/m0../s1. The molecule has 2 aliphatic heterocycles. The molecule has 0 aliphatic carbocycles. The number of ether oxygens (including phenoxy) is 1. The predicted molar refractivity (Wildman–Crippen MR) is 124 cm³/mol. The number of hydrogen-bond donors (Lipinski definition) is 3. The summed E-state index contributed by atoms with van der Waals surface area (Å²) < 4.78 is 5.44. The molecule has 4 rings (SSSR count). The van der Waals surface area contributed by atoms with E-state index in [1.165, 1.54) is 7.11 Å². The number of aromatic nitrogens is 4. The molecular weight excluding hydrogens is 572 g/mol. The fourth-order valence-corrected chi connectivity index (χ4v) is 6.72. The summed E-state index contributed by atoms with van der Waals surface area (Å²) in [6.07, 6.45) is -0.407. The molecule has 4 atom stereocenters. The Morgan fingerprint density at radius 3 is 2.56 bits per heavy atom. The minimum atomic E-state index is -1.86. The monoisotopic (exact) mass is 593 g/mol. The van der Waals surface area contributed by atoms with Crippen LogP contribution in [0.3, 0.4) is 0 Å². The number of aromatic amines is 1. The third kappa shape index (κ3) is 6.89. The Bertz CT molecular complexity index is 1240. The van der Waals surface area contributed by atoms with Gasteiger partial charge < -0.3 is 35.6 Å². The van der Waals surface area contributed by atoms with Gasteiger partial charge in [-0.15, -0.1) is 22.0 Å². The molecule has 2 amide bonds. The maximum atomic E-state index is 13.4. The summed E-state index contributed by atoms with van der Waals surface area (Å²) in [6.45, 7) is 0. The number of carboxylic acids is 2. The van der Waals surface area contributed by atoms with Crippen molar-refractivity contribution in [1.82, 2.24) is 30.8 Å². The molecule has 1 fully saturated rings. The molecule has 0 saturated carbocycles. The summed E-state index contributed by atoms with van der Waals surface area (Å²) in [7, 11) is 1.22. The Kier molecular flexibility index (Phi) is 12.5. The van der Waals surface area contributed by atoms with Gasteiger partial charge in [0, 0.05) is 24.1 Å². The van der Waals surface area contributed by atoms with E-state index in [2.05, 4.69) is 25.9 Å². The first-order valence-electron chi connectivity index (χ1n) is 10.9. The van der Waals surface area contributed by atoms with Crippen molar-refractivity contribution in [3.63, 3.8) is 0 Å². The number of β-lactam (4-membered cyclic amide) rings is 1. The number of fused-ring (bicyclic) bond motifs is 1. The van der Waals surface area contributed by atoms with Gasteiger partial charge in [-0.1, -0.05) is 42.1 Å². The van der Waals surface area contributed by atoms with Gasteiger partial charge in [-0.25, -0.2) is 0 Å². The largest absolute Gasteiger partial charge is 1.00 e. The number of benzene rings is 1. The summed E-state index contributed by atoms with van der Waals surface area (Å²) in [5, 5.41) is 37.7. The number of H-pyrrole nitrogens is 1. The van der Waals surface area contributed by atoms with Crippen LogP contribution in [-0.2, 0) is 23.9 Å². The van der Waals surface area contributed by atoms with Crippen molar-refractivity contribution < 1.29 is 93.2 Å². The zero-order valence-corrected chi connectivity index (χ0v) is 26.9. The number of nitrogens with two attached hydrogens (primary N) is 1. The van der Waals surface area contributed by atoms with Gasteiger partial charge in [0.25, 0.3) is 11.6 Å². The molecule has 18 heteroatoms. The van der Waals surface area contributed by atoms with Gasteiger partial charge in [0.15, 0.2) is 0 Å². The van der Waals surface area contributed by atoms with E-state index in [1.54, 1.807) is 30.3 Å². The van der Waals surface area contributed by atoms with Crippen LogP contribution < -0.4 is 80.4 Å². The van der Waals surface area contributed by atoms with E-state index < -0.39 is 51.8 Å². The minimum Gasteiger partial charge on any atom is -0.550 e. The molecule has 2 unspecified atom stereocenters. The molecule has 0 bridgehead atoms. The second-order valence-corrected chi connectivity index (χ2v) is 10.3. The molecule has 0 radical (unpaired) electrons. The van der Waals surface area contributed by atoms with Crippen LogP contribution >= 0.6 is 23.5 Å². The van der Waals surface area contributed by atoms with Crippen molar-refractivity contribution in [3.8, 4) is 0 Å². The molecule has 1 aromatic heterocycles. The van der Waals surface area contributed by atoms with E-state index in [0.717, 1.165) is 28.4 Å². The number of hydrogen-bond acceptors (Lipinski definition) is 13. The fourth-order valence-electron chi connectivity index (χ4n) is 4.09. The third-order valence-corrected chi connectivity index (χ3v) is 8.42. The number of rotatable bonds is 11. The van der Waals surface area contributed by atoms with Crippen molar-refractivity contribution in [1.29, 1.82) is 0 Å². The minimum absolute atomic E-state index is 0. The van der Waals surface area contributed by atoms with E-state index in [0.29, 0.717) is 5.56 Å². The average molecular weight is 594 g/mol. The number of nitrogens with zero attached hydrogens (tertiary/aromatic N) is 4. The van der Waals surface area contributed by atoms with Gasteiger partial charge in [0.2, 0.25) is 11.1 Å². The van der Waals surface area contributed by atoms with Gasteiger partial charge in [-0.05, 0) is 29.2 Å². The van der Waals surface area contributed by atoms with E-state index in [-0.39, 0.29) is 88.4 Å². The van der Waals surface area contributed by atoms with E-state index in [1.807, 2.05) is 0 Å². The number of amides is 2. The van der Waals surface area contributed by atoms with Crippen LogP contribution in [0.4, 0.5) is 0 Å². The molecular formula is C21H21N7Na2O7S2. The number of methoxy groups -OCH3 is 1. The first kappa shape index (κ1) is 33.7. The van der Waals surface area contributed by atoms with Crippen LogP contribution in [0.1, 0.15) is 24.4 Å². The number of tetrazole rings is 1. The number of carboxylic acid groups (broad SMARTS) is 2. The molecule has 14 nitrogen and oxygen atoms in total. The maximum Gasteiger partial charge on any atom is 1.00 e. The maximum absolute atomic E-state index is 13.4. The molecule has 0 spiro atoms. The summed E-state index contributed by atoms with van der Waals surface area (Å²) in [5.41, 5.74) is 4.53. The van der Waals surface area contributed by atoms with Crippen molar-refractivity contribution in [2.45, 2.75) is 40.4 Å². The van der Waals surface area contributed by atoms with Crippen LogP contribution in [0.2, 0.25) is 0 Å². The van der Waals surface area contributed by atoms with Crippen LogP contribution in [-0.4, -0.2) is 78.5 Å². The van der Waals surface area contributed by atoms with Crippen molar-refractivity contribution in [2.24, 2.45) is 5.73 Å². The Hall–Kier alpha value is -1.47. The molecule has 3 heterocycles. The number of thioether (sulfide) groups is 2. The molecule has 2 aliphatic rings. The second-order valence-electron chi connectivity index (χ2n) is 8.03. The Morgan fingerprint density at radius 1 is 1.31 bits per heavy atom. The van der Waals surface area contributed by atoms with Crippen molar-refractivity contribution >= 4 is 47.3 Å². The zero-order chi connectivity index (χ0) is 26.7. The fraction of sp³-hybridized carbons (Fsp3) is 0.381. The second kappa shape index (κ2) is 14.4. The molecule has 2 aromatic rings. The number of aliphatic carboxylic acids is 2. The van der Waals surface area contributed by atoms with Gasteiger partial charge >= 0.3 is 59.1 Å². The van der Waals surface area contributed by atoms with Gasteiger partial charge in [-0.2, -0.15) is 5.21 Å². The first-order chi connectivity index (χ1) is 17.7. The molecule has 1 saturated heterocycles. The molecule has 196 valence electrons. The van der Waals surface area contributed by atoms with Crippen LogP contribution in [0, 0.1) is 0 Å². The van der Waals surface area contributed by atoms with Crippen LogP contribution in [0.15, 0.2) is 46.8 Å². The first-order valence-corrected chi connectivity index (χ1v) is 12.8. The Morgan fingerprint density at radius 2 is 2.00 bits per heavy atom. The van der Waals surface area contributed by atoms with Crippen LogP contribution in [0.5, 0.6) is 0 Å². The Balaban J connectivity index is 0.00000267. The third-order valence-electron chi connectivity index (χ3n) is 5.90.